The number of ether oxygens (including phenoxy) is 1. The van der Waals surface area contributed by atoms with Crippen molar-refractivity contribution in [1.82, 2.24) is 4.98 Å². The van der Waals surface area contributed by atoms with E-state index in [1.165, 1.54) is 4.70 Å². The van der Waals surface area contributed by atoms with Crippen LogP contribution in [0.5, 0.6) is 5.75 Å². The van der Waals surface area contributed by atoms with Crippen LogP contribution in [0.2, 0.25) is 0 Å². The topological polar surface area (TPSA) is 22.1 Å². The minimum Gasteiger partial charge on any atom is -0.486 e. The number of nitrogens with zero attached hydrogens (tertiary/aromatic N) is 1. The Hall–Kier alpha value is -1.58. The van der Waals surface area contributed by atoms with Gasteiger partial charge in [-0.2, -0.15) is 0 Å². The maximum Gasteiger partial charge on any atom is 0.140 e. The molecule has 0 radical (unpaired) electrons. The molecule has 0 bridgehead atoms. The van der Waals surface area contributed by atoms with Crippen LogP contribution in [-0.2, 0) is 12.5 Å². The van der Waals surface area contributed by atoms with E-state index in [0.29, 0.717) is 12.5 Å². The summed E-state index contributed by atoms with van der Waals surface area (Å²) in [5.74, 6) is 1.37. The molecule has 0 saturated heterocycles. The summed E-state index contributed by atoms with van der Waals surface area (Å²) in [5.41, 5.74) is 2.12. The summed E-state index contributed by atoms with van der Waals surface area (Å²) in [6.45, 7) is 0.500. The first-order valence-electron chi connectivity index (χ1n) is 5.97. The molecule has 0 fully saturated rings. The fourth-order valence-electron chi connectivity index (χ4n) is 1.80. The molecule has 19 heavy (non-hydrogen) atoms. The molecule has 0 N–H and O–H groups in total. The molecule has 0 saturated carbocycles. The Bertz CT molecular complexity index is 645. The second kappa shape index (κ2) is 5.59. The molecular formula is C15H12ClNOS. The van der Waals surface area contributed by atoms with Crippen LogP contribution >= 0.6 is 22.9 Å². The number of aromatic nitrogens is 1. The van der Waals surface area contributed by atoms with E-state index >= 15 is 0 Å². The Morgan fingerprint density at radius 2 is 1.84 bits per heavy atom. The average Bonchev–Trinajstić information content (AvgIpc) is 2.88. The lowest BCUT2D eigenvalue weighted by atomic mass is 10.2. The highest BCUT2D eigenvalue weighted by molar-refractivity contribution is 7.18. The van der Waals surface area contributed by atoms with Crippen molar-refractivity contribution < 1.29 is 4.74 Å². The van der Waals surface area contributed by atoms with Gasteiger partial charge in [0.25, 0.3) is 0 Å². The number of thiazole rings is 1. The van der Waals surface area contributed by atoms with Crippen LogP contribution < -0.4 is 4.74 Å². The second-order valence-electron chi connectivity index (χ2n) is 4.14. The number of alkyl halides is 1. The van der Waals surface area contributed by atoms with E-state index in [0.717, 1.165) is 21.8 Å². The van der Waals surface area contributed by atoms with Gasteiger partial charge in [-0.25, -0.2) is 4.98 Å². The van der Waals surface area contributed by atoms with Crippen molar-refractivity contribution in [1.29, 1.82) is 0 Å². The third-order valence-electron chi connectivity index (χ3n) is 2.78. The molecule has 0 spiro atoms. The molecule has 0 aliphatic carbocycles. The lowest BCUT2D eigenvalue weighted by Crippen LogP contribution is -1.94. The lowest BCUT2D eigenvalue weighted by Gasteiger charge is -2.04. The van der Waals surface area contributed by atoms with Gasteiger partial charge >= 0.3 is 0 Å². The van der Waals surface area contributed by atoms with Gasteiger partial charge in [-0.1, -0.05) is 24.3 Å². The molecule has 3 aromatic rings. The van der Waals surface area contributed by atoms with E-state index in [1.807, 2.05) is 42.5 Å². The molecule has 1 heterocycles. The molecule has 1 aromatic heterocycles. The number of halogens is 1. The standard InChI is InChI=1S/C15H12ClNOS/c16-9-11-5-7-12(8-6-11)18-10-15-17-13-3-1-2-4-14(13)19-15/h1-8H,9-10H2. The van der Waals surface area contributed by atoms with Crippen LogP contribution in [0.4, 0.5) is 0 Å². The zero-order valence-electron chi connectivity index (χ0n) is 10.2. The smallest absolute Gasteiger partial charge is 0.140 e. The third-order valence-corrected chi connectivity index (χ3v) is 4.10. The van der Waals surface area contributed by atoms with Gasteiger partial charge in [-0.05, 0) is 29.8 Å². The van der Waals surface area contributed by atoms with Gasteiger partial charge in [0.2, 0.25) is 0 Å². The Kier molecular flexibility index (Phi) is 3.67. The fourth-order valence-corrected chi connectivity index (χ4v) is 2.86. The maximum atomic E-state index is 5.75. The summed E-state index contributed by atoms with van der Waals surface area (Å²) in [5, 5.41) is 0.989. The van der Waals surface area contributed by atoms with Gasteiger partial charge in [-0.15, -0.1) is 22.9 Å². The minimum absolute atomic E-state index is 0.500. The van der Waals surface area contributed by atoms with E-state index < -0.39 is 0 Å². The molecule has 0 atom stereocenters. The SMILES string of the molecule is ClCc1ccc(OCc2nc3ccccc3s2)cc1. The van der Waals surface area contributed by atoms with Crippen LogP contribution in [-0.4, -0.2) is 4.98 Å². The van der Waals surface area contributed by atoms with Crippen molar-refractivity contribution in [3.05, 3.63) is 59.1 Å². The monoisotopic (exact) mass is 289 g/mol. The highest BCUT2D eigenvalue weighted by Crippen LogP contribution is 2.23. The van der Waals surface area contributed by atoms with Crippen LogP contribution in [0.1, 0.15) is 10.6 Å². The number of para-hydroxylation sites is 1. The Labute approximate surface area is 120 Å². The predicted octanol–water partition coefficient (Wildman–Crippen LogP) is 4.61. The van der Waals surface area contributed by atoms with Crippen molar-refractivity contribution in [2.75, 3.05) is 0 Å². The van der Waals surface area contributed by atoms with Gasteiger partial charge in [0.05, 0.1) is 10.2 Å². The van der Waals surface area contributed by atoms with Crippen molar-refractivity contribution in [2.24, 2.45) is 0 Å². The Balaban J connectivity index is 1.70. The van der Waals surface area contributed by atoms with E-state index in [-0.39, 0.29) is 0 Å². The van der Waals surface area contributed by atoms with Gasteiger partial charge in [-0.3, -0.25) is 0 Å². The lowest BCUT2D eigenvalue weighted by molar-refractivity contribution is 0.306. The first-order valence-corrected chi connectivity index (χ1v) is 7.32. The summed E-state index contributed by atoms with van der Waals surface area (Å²) >= 11 is 7.42. The van der Waals surface area contributed by atoms with Crippen LogP contribution in [0, 0.1) is 0 Å². The van der Waals surface area contributed by atoms with Crippen LogP contribution in [0.15, 0.2) is 48.5 Å². The van der Waals surface area contributed by atoms with Gasteiger partial charge in [0, 0.05) is 5.88 Å². The van der Waals surface area contributed by atoms with Crippen LogP contribution in [0.3, 0.4) is 0 Å². The molecule has 4 heteroatoms. The van der Waals surface area contributed by atoms with Crippen molar-refractivity contribution in [3.8, 4) is 5.75 Å². The number of hydrogen-bond acceptors (Lipinski definition) is 3. The minimum atomic E-state index is 0.500. The molecule has 0 aliphatic rings. The maximum absolute atomic E-state index is 5.75. The summed E-state index contributed by atoms with van der Waals surface area (Å²) in [4.78, 5) is 4.53. The van der Waals surface area contributed by atoms with Crippen molar-refractivity contribution >= 4 is 33.2 Å². The first-order chi connectivity index (χ1) is 9.35. The van der Waals surface area contributed by atoms with Gasteiger partial charge in [0.15, 0.2) is 0 Å². The molecule has 3 rings (SSSR count). The molecule has 0 amide bonds. The number of hydrogen-bond donors (Lipinski definition) is 0. The Morgan fingerprint density at radius 1 is 1.05 bits per heavy atom. The molecule has 0 unspecified atom stereocenters. The van der Waals surface area contributed by atoms with Crippen LogP contribution in [0.25, 0.3) is 10.2 Å². The predicted molar refractivity (Wildman–Crippen MR) is 80.0 cm³/mol. The van der Waals surface area contributed by atoms with Crippen molar-refractivity contribution in [2.45, 2.75) is 12.5 Å². The molecule has 2 aromatic carbocycles. The molecule has 2 nitrogen and oxygen atoms in total. The zero-order valence-corrected chi connectivity index (χ0v) is 11.7. The van der Waals surface area contributed by atoms with Crippen molar-refractivity contribution in [3.63, 3.8) is 0 Å². The van der Waals surface area contributed by atoms with Gasteiger partial charge < -0.3 is 4.74 Å². The normalized spacial score (nSPS) is 10.8. The van der Waals surface area contributed by atoms with E-state index in [2.05, 4.69) is 11.1 Å². The summed E-state index contributed by atoms with van der Waals surface area (Å²) in [6, 6.07) is 15.9. The van der Waals surface area contributed by atoms with E-state index in [1.54, 1.807) is 11.3 Å². The average molecular weight is 290 g/mol. The third kappa shape index (κ3) is 2.88. The molecule has 96 valence electrons. The first kappa shape index (κ1) is 12.5. The molecular weight excluding hydrogens is 278 g/mol. The largest absolute Gasteiger partial charge is 0.486 e. The summed E-state index contributed by atoms with van der Waals surface area (Å²) in [7, 11) is 0. The quantitative estimate of drug-likeness (QED) is 0.654. The second-order valence-corrected chi connectivity index (χ2v) is 5.52. The van der Waals surface area contributed by atoms with E-state index in [4.69, 9.17) is 16.3 Å². The fraction of sp³-hybridized carbons (Fsp3) is 0.133. The highest BCUT2D eigenvalue weighted by Gasteiger charge is 2.03. The number of fused-ring (bicyclic) bond motifs is 1. The highest BCUT2D eigenvalue weighted by atomic mass is 35.5. The Morgan fingerprint density at radius 3 is 2.58 bits per heavy atom. The summed E-state index contributed by atoms with van der Waals surface area (Å²) < 4.78 is 6.92. The molecule has 0 aliphatic heterocycles. The van der Waals surface area contributed by atoms with E-state index in [9.17, 15) is 0 Å². The number of benzene rings is 2. The summed E-state index contributed by atoms with van der Waals surface area (Å²) in [6.07, 6.45) is 0. The number of rotatable bonds is 4. The van der Waals surface area contributed by atoms with Gasteiger partial charge in [0.1, 0.15) is 17.4 Å². The zero-order chi connectivity index (χ0) is 13.1.